The molecule has 1 saturated carbocycles. The van der Waals surface area contributed by atoms with Crippen molar-refractivity contribution in [1.82, 2.24) is 10.2 Å². The summed E-state index contributed by atoms with van der Waals surface area (Å²) in [4.78, 5) is 2.61. The second-order valence-electron chi connectivity index (χ2n) is 6.03. The zero-order valence-electron chi connectivity index (χ0n) is 10.6. The zero-order chi connectivity index (χ0) is 10.9. The van der Waals surface area contributed by atoms with Crippen LogP contribution in [0, 0.1) is 5.41 Å². The van der Waals surface area contributed by atoms with Gasteiger partial charge in [-0.25, -0.2) is 0 Å². The third-order valence-corrected chi connectivity index (χ3v) is 4.08. The van der Waals surface area contributed by atoms with E-state index >= 15 is 0 Å². The molecule has 1 aliphatic carbocycles. The summed E-state index contributed by atoms with van der Waals surface area (Å²) in [7, 11) is 0. The molecule has 0 aromatic rings. The van der Waals surface area contributed by atoms with Gasteiger partial charge in [0, 0.05) is 12.1 Å². The van der Waals surface area contributed by atoms with Crippen molar-refractivity contribution in [2.75, 3.05) is 19.6 Å². The first kappa shape index (κ1) is 11.4. The van der Waals surface area contributed by atoms with E-state index in [1.807, 2.05) is 0 Å². The van der Waals surface area contributed by atoms with Crippen molar-refractivity contribution < 1.29 is 0 Å². The molecule has 1 N–H and O–H groups in total. The molecule has 2 rings (SSSR count). The van der Waals surface area contributed by atoms with E-state index in [9.17, 15) is 0 Å². The van der Waals surface area contributed by atoms with Crippen LogP contribution in [0.4, 0.5) is 0 Å². The molecule has 0 spiro atoms. The first-order chi connectivity index (χ1) is 7.12. The molecule has 0 aromatic carbocycles. The normalized spacial score (nSPS) is 31.8. The summed E-state index contributed by atoms with van der Waals surface area (Å²) in [6.45, 7) is 10.9. The number of piperidine rings is 1. The number of hydrogen-bond acceptors (Lipinski definition) is 2. The van der Waals surface area contributed by atoms with Crippen molar-refractivity contribution in [2.45, 2.75) is 58.5 Å². The molecule has 0 bridgehead atoms. The smallest absolute Gasteiger partial charge is 0.0127 e. The minimum absolute atomic E-state index is 0.584. The van der Waals surface area contributed by atoms with Gasteiger partial charge in [-0.2, -0.15) is 0 Å². The van der Waals surface area contributed by atoms with Gasteiger partial charge in [-0.15, -0.1) is 0 Å². The molecule has 15 heavy (non-hydrogen) atoms. The van der Waals surface area contributed by atoms with Gasteiger partial charge in [-0.1, -0.05) is 20.8 Å². The Hall–Kier alpha value is -0.0800. The molecule has 2 fully saturated rings. The molecule has 1 atom stereocenters. The Balaban J connectivity index is 1.66. The third-order valence-electron chi connectivity index (χ3n) is 4.08. The lowest BCUT2D eigenvalue weighted by Gasteiger charge is -2.32. The molecule has 0 radical (unpaired) electrons. The molecule has 1 aliphatic heterocycles. The molecule has 2 heteroatoms. The maximum Gasteiger partial charge on any atom is 0.0127 e. The largest absolute Gasteiger partial charge is 0.311 e. The van der Waals surface area contributed by atoms with E-state index in [0.29, 0.717) is 5.41 Å². The van der Waals surface area contributed by atoms with Gasteiger partial charge in [0.05, 0.1) is 0 Å². The molecule has 1 heterocycles. The average molecular weight is 210 g/mol. The molecule has 1 saturated heterocycles. The fraction of sp³-hybridized carbons (Fsp3) is 1.00. The van der Waals surface area contributed by atoms with E-state index in [1.54, 1.807) is 0 Å². The summed E-state index contributed by atoms with van der Waals surface area (Å²) in [6.07, 6.45) is 5.38. The van der Waals surface area contributed by atoms with E-state index in [0.717, 1.165) is 12.1 Å². The molecule has 2 aliphatic rings. The number of nitrogens with one attached hydrogen (secondary N) is 1. The van der Waals surface area contributed by atoms with Gasteiger partial charge in [-0.3, -0.25) is 0 Å². The highest BCUT2D eigenvalue weighted by molar-refractivity contribution is 5.03. The zero-order valence-corrected chi connectivity index (χ0v) is 10.6. The van der Waals surface area contributed by atoms with Crippen molar-refractivity contribution in [3.8, 4) is 0 Å². The Morgan fingerprint density at radius 1 is 1.27 bits per heavy atom. The van der Waals surface area contributed by atoms with E-state index in [4.69, 9.17) is 0 Å². The molecular weight excluding hydrogens is 184 g/mol. The van der Waals surface area contributed by atoms with Crippen LogP contribution in [0.1, 0.15) is 46.5 Å². The van der Waals surface area contributed by atoms with Crippen LogP contribution in [-0.2, 0) is 0 Å². The molecule has 1 unspecified atom stereocenters. The standard InChI is InChI=1S/C13H26N2/c1-4-7-15-8-5-11(6-9-15)14-12-10-13(12,2)3/h11-12,14H,4-10H2,1-3H3. The lowest BCUT2D eigenvalue weighted by atomic mass is 10.0. The first-order valence-corrected chi connectivity index (χ1v) is 6.60. The predicted octanol–water partition coefficient (Wildman–Crippen LogP) is 2.25. The summed E-state index contributed by atoms with van der Waals surface area (Å²) in [5.41, 5.74) is 0.584. The van der Waals surface area contributed by atoms with Crippen LogP contribution in [0.3, 0.4) is 0 Å². The van der Waals surface area contributed by atoms with Crippen LogP contribution in [0.5, 0.6) is 0 Å². The van der Waals surface area contributed by atoms with Crippen molar-refractivity contribution in [2.24, 2.45) is 5.41 Å². The highest BCUT2D eigenvalue weighted by atomic mass is 15.1. The first-order valence-electron chi connectivity index (χ1n) is 6.60. The van der Waals surface area contributed by atoms with Gasteiger partial charge in [0.1, 0.15) is 0 Å². The van der Waals surface area contributed by atoms with Crippen LogP contribution in [0.2, 0.25) is 0 Å². The SMILES string of the molecule is CCCN1CCC(NC2CC2(C)C)CC1. The monoisotopic (exact) mass is 210 g/mol. The second kappa shape index (κ2) is 4.42. The Kier molecular flexibility index (Phi) is 3.36. The van der Waals surface area contributed by atoms with Crippen LogP contribution < -0.4 is 5.32 Å². The quantitative estimate of drug-likeness (QED) is 0.765. The molecule has 88 valence electrons. The summed E-state index contributed by atoms with van der Waals surface area (Å²) in [5.74, 6) is 0. The van der Waals surface area contributed by atoms with Gasteiger partial charge in [0.25, 0.3) is 0 Å². The lowest BCUT2D eigenvalue weighted by molar-refractivity contribution is 0.195. The average Bonchev–Trinajstić information content (AvgIpc) is 2.78. The second-order valence-corrected chi connectivity index (χ2v) is 6.03. The topological polar surface area (TPSA) is 15.3 Å². The van der Waals surface area contributed by atoms with Crippen molar-refractivity contribution in [1.29, 1.82) is 0 Å². The number of hydrogen-bond donors (Lipinski definition) is 1. The summed E-state index contributed by atoms with van der Waals surface area (Å²) in [6, 6.07) is 1.60. The molecular formula is C13H26N2. The van der Waals surface area contributed by atoms with Gasteiger partial charge >= 0.3 is 0 Å². The van der Waals surface area contributed by atoms with E-state index in [1.165, 1.54) is 45.3 Å². The fourth-order valence-electron chi connectivity index (χ4n) is 2.68. The minimum Gasteiger partial charge on any atom is -0.311 e. The van der Waals surface area contributed by atoms with Crippen LogP contribution in [0.15, 0.2) is 0 Å². The Bertz CT molecular complexity index is 205. The number of likely N-dealkylation sites (tertiary alicyclic amines) is 1. The maximum atomic E-state index is 3.82. The van der Waals surface area contributed by atoms with E-state index in [2.05, 4.69) is 31.0 Å². The predicted molar refractivity (Wildman–Crippen MR) is 65.1 cm³/mol. The number of rotatable bonds is 4. The van der Waals surface area contributed by atoms with Gasteiger partial charge in [0.2, 0.25) is 0 Å². The molecule has 2 nitrogen and oxygen atoms in total. The summed E-state index contributed by atoms with van der Waals surface area (Å²) < 4.78 is 0. The van der Waals surface area contributed by atoms with Crippen LogP contribution >= 0.6 is 0 Å². The third kappa shape index (κ3) is 2.94. The van der Waals surface area contributed by atoms with Gasteiger partial charge in [0.15, 0.2) is 0 Å². The van der Waals surface area contributed by atoms with Gasteiger partial charge in [-0.05, 0) is 50.7 Å². The van der Waals surface area contributed by atoms with Crippen molar-refractivity contribution >= 4 is 0 Å². The minimum atomic E-state index is 0.584. The van der Waals surface area contributed by atoms with E-state index < -0.39 is 0 Å². The van der Waals surface area contributed by atoms with Crippen LogP contribution in [-0.4, -0.2) is 36.6 Å². The van der Waals surface area contributed by atoms with Crippen molar-refractivity contribution in [3.05, 3.63) is 0 Å². The highest BCUT2D eigenvalue weighted by Crippen LogP contribution is 2.45. The summed E-state index contributed by atoms with van der Waals surface area (Å²) in [5, 5.41) is 3.82. The van der Waals surface area contributed by atoms with E-state index in [-0.39, 0.29) is 0 Å². The van der Waals surface area contributed by atoms with Gasteiger partial charge < -0.3 is 10.2 Å². The Labute approximate surface area is 94.4 Å². The molecule has 0 aromatic heterocycles. The lowest BCUT2D eigenvalue weighted by Crippen LogP contribution is -2.44. The van der Waals surface area contributed by atoms with Crippen molar-refractivity contribution in [3.63, 3.8) is 0 Å². The summed E-state index contributed by atoms with van der Waals surface area (Å²) >= 11 is 0. The Morgan fingerprint density at radius 3 is 2.33 bits per heavy atom. The highest BCUT2D eigenvalue weighted by Gasteiger charge is 2.46. The fourth-order valence-corrected chi connectivity index (χ4v) is 2.68. The molecule has 0 amide bonds. The Morgan fingerprint density at radius 2 is 1.87 bits per heavy atom. The number of nitrogens with zero attached hydrogens (tertiary/aromatic N) is 1. The maximum absolute atomic E-state index is 3.82. The van der Waals surface area contributed by atoms with Crippen LogP contribution in [0.25, 0.3) is 0 Å².